The molecule has 0 unspecified atom stereocenters. The van der Waals surface area contributed by atoms with E-state index in [-0.39, 0.29) is 23.3 Å². The maximum absolute atomic E-state index is 12.0. The number of aromatic nitrogens is 6. The number of anilines is 1. The highest BCUT2D eigenvalue weighted by Crippen LogP contribution is 2.17. The number of carbonyl (C=O) groups is 2. The number of para-hydroxylation sites is 1. The highest BCUT2D eigenvalue weighted by Gasteiger charge is 2.14. The number of rotatable bonds is 6. The van der Waals surface area contributed by atoms with E-state index in [1.54, 1.807) is 6.21 Å². The zero-order valence-corrected chi connectivity index (χ0v) is 15.0. The number of aromatic amines is 2. The second-order valence-electron chi connectivity index (χ2n) is 5.55. The first-order valence-electron chi connectivity index (χ1n) is 8.06. The number of hydrogen-bond donors (Lipinski definition) is 4. The Bertz CT molecular complexity index is 1150. The number of H-pyrrole nitrogens is 2. The Morgan fingerprint density at radius 2 is 2.14 bits per heavy atom. The third-order valence-corrected chi connectivity index (χ3v) is 4.48. The quantitative estimate of drug-likeness (QED) is 0.283. The topological polar surface area (TPSA) is 154 Å². The lowest BCUT2D eigenvalue weighted by Crippen LogP contribution is -2.19. The molecular weight excluding hydrogens is 382 g/mol. The van der Waals surface area contributed by atoms with Crippen LogP contribution in [0.1, 0.15) is 21.2 Å². The van der Waals surface area contributed by atoms with Crippen molar-refractivity contribution in [2.24, 2.45) is 5.10 Å². The van der Waals surface area contributed by atoms with Crippen LogP contribution >= 0.6 is 11.3 Å². The third kappa shape index (κ3) is 3.91. The van der Waals surface area contributed by atoms with E-state index in [1.165, 1.54) is 6.33 Å². The Morgan fingerprint density at radius 3 is 3.00 bits per heavy atom. The van der Waals surface area contributed by atoms with Gasteiger partial charge in [-0.1, -0.05) is 29.5 Å². The number of benzene rings is 1. The van der Waals surface area contributed by atoms with E-state index in [4.69, 9.17) is 0 Å². The highest BCUT2D eigenvalue weighted by molar-refractivity contribution is 7.15. The molecule has 0 atom stereocenters. The molecule has 0 bridgehead atoms. The van der Waals surface area contributed by atoms with E-state index < -0.39 is 5.91 Å². The van der Waals surface area contributed by atoms with Gasteiger partial charge in [0.05, 0.1) is 12.6 Å². The van der Waals surface area contributed by atoms with Gasteiger partial charge in [-0.3, -0.25) is 20.0 Å². The van der Waals surface area contributed by atoms with Crippen LogP contribution in [0.4, 0.5) is 5.13 Å². The maximum Gasteiger partial charge on any atom is 0.294 e. The third-order valence-electron chi connectivity index (χ3n) is 3.64. The standard InChI is InChI=1S/C16H13N9O2S/c26-12(22-19-7-9-6-17-11-4-2-1-3-10(9)11)5-13-23-25-16(28-13)21-15(27)14-18-8-20-24-14/h1-4,6-8,17H,5H2,(H,22,26)(H,18,20,24)(H,21,25,27)/b19-7-. The van der Waals surface area contributed by atoms with Gasteiger partial charge in [-0.25, -0.2) is 10.4 Å². The fraction of sp³-hybridized carbons (Fsp3) is 0.0625. The summed E-state index contributed by atoms with van der Waals surface area (Å²) in [6.07, 6.45) is 4.59. The molecule has 12 heteroatoms. The molecule has 0 saturated heterocycles. The van der Waals surface area contributed by atoms with Gasteiger partial charge in [-0.2, -0.15) is 10.2 Å². The molecule has 4 rings (SSSR count). The lowest BCUT2D eigenvalue weighted by molar-refractivity contribution is -0.120. The summed E-state index contributed by atoms with van der Waals surface area (Å²) >= 11 is 1.09. The minimum atomic E-state index is -0.493. The average Bonchev–Trinajstić information content (AvgIpc) is 3.43. The van der Waals surface area contributed by atoms with Crippen molar-refractivity contribution in [2.45, 2.75) is 6.42 Å². The monoisotopic (exact) mass is 395 g/mol. The van der Waals surface area contributed by atoms with Crippen LogP contribution in [0.15, 0.2) is 41.9 Å². The number of fused-ring (bicyclic) bond motifs is 1. The van der Waals surface area contributed by atoms with Gasteiger partial charge in [0.15, 0.2) is 0 Å². The number of nitrogens with one attached hydrogen (secondary N) is 4. The molecule has 0 aliphatic carbocycles. The van der Waals surface area contributed by atoms with Crippen molar-refractivity contribution in [3.63, 3.8) is 0 Å². The molecule has 4 aromatic rings. The number of nitrogens with zero attached hydrogens (tertiary/aromatic N) is 5. The summed E-state index contributed by atoms with van der Waals surface area (Å²) in [5.74, 6) is -0.783. The zero-order chi connectivity index (χ0) is 19.3. The van der Waals surface area contributed by atoms with Gasteiger partial charge in [0.1, 0.15) is 11.3 Å². The first-order chi connectivity index (χ1) is 13.7. The molecule has 140 valence electrons. The molecule has 0 saturated carbocycles. The van der Waals surface area contributed by atoms with Crippen LogP contribution in [-0.4, -0.2) is 48.4 Å². The summed E-state index contributed by atoms with van der Waals surface area (Å²) in [6.45, 7) is 0. The maximum atomic E-state index is 12.0. The van der Waals surface area contributed by atoms with E-state index >= 15 is 0 Å². The summed E-state index contributed by atoms with van der Waals surface area (Å²) in [6, 6.07) is 7.79. The molecular formula is C16H13N9O2S. The molecule has 11 nitrogen and oxygen atoms in total. The number of hydrogen-bond acceptors (Lipinski definition) is 8. The van der Waals surface area contributed by atoms with Gasteiger partial charge in [0.2, 0.25) is 16.9 Å². The molecule has 2 amide bonds. The fourth-order valence-corrected chi connectivity index (χ4v) is 3.13. The van der Waals surface area contributed by atoms with Crippen LogP contribution in [0.5, 0.6) is 0 Å². The van der Waals surface area contributed by atoms with Crippen LogP contribution in [0.3, 0.4) is 0 Å². The smallest absolute Gasteiger partial charge is 0.294 e. The van der Waals surface area contributed by atoms with Crippen molar-refractivity contribution in [2.75, 3.05) is 5.32 Å². The van der Waals surface area contributed by atoms with Crippen LogP contribution in [0.25, 0.3) is 10.9 Å². The van der Waals surface area contributed by atoms with Gasteiger partial charge < -0.3 is 4.98 Å². The fourth-order valence-electron chi connectivity index (χ4n) is 2.40. The second kappa shape index (κ2) is 7.75. The van der Waals surface area contributed by atoms with E-state index in [9.17, 15) is 9.59 Å². The molecule has 3 aromatic heterocycles. The van der Waals surface area contributed by atoms with E-state index in [1.807, 2.05) is 30.5 Å². The summed E-state index contributed by atoms with van der Waals surface area (Å²) in [5.41, 5.74) is 4.31. The predicted octanol–water partition coefficient (Wildman–Crippen LogP) is 1.08. The van der Waals surface area contributed by atoms with Crippen molar-refractivity contribution in [3.05, 3.63) is 53.2 Å². The Kier molecular flexibility index (Phi) is 4.84. The Morgan fingerprint density at radius 1 is 1.25 bits per heavy atom. The van der Waals surface area contributed by atoms with Crippen LogP contribution in [0, 0.1) is 0 Å². The SMILES string of the molecule is O=C(Cc1nnc(NC(=O)c2ncn[nH]2)s1)N/N=C\c1c[nH]c2ccccc12. The van der Waals surface area contributed by atoms with Crippen molar-refractivity contribution >= 4 is 45.4 Å². The molecule has 28 heavy (non-hydrogen) atoms. The number of hydrazone groups is 1. The molecule has 0 spiro atoms. The molecule has 4 N–H and O–H groups in total. The Hall–Kier alpha value is -3.93. The van der Waals surface area contributed by atoms with Gasteiger partial charge in [-0.05, 0) is 6.07 Å². The predicted molar refractivity (Wildman–Crippen MR) is 102 cm³/mol. The molecule has 0 fully saturated rings. The summed E-state index contributed by atoms with van der Waals surface area (Å²) < 4.78 is 0. The van der Waals surface area contributed by atoms with Crippen molar-refractivity contribution in [1.29, 1.82) is 0 Å². The second-order valence-corrected chi connectivity index (χ2v) is 6.61. The number of amides is 2. The first-order valence-corrected chi connectivity index (χ1v) is 8.88. The van der Waals surface area contributed by atoms with E-state index in [2.05, 4.69) is 46.2 Å². The largest absolute Gasteiger partial charge is 0.361 e. The van der Waals surface area contributed by atoms with Gasteiger partial charge in [0.25, 0.3) is 5.91 Å². The molecule has 0 aliphatic rings. The van der Waals surface area contributed by atoms with Crippen molar-refractivity contribution in [3.8, 4) is 0 Å². The van der Waals surface area contributed by atoms with E-state index in [0.29, 0.717) is 5.01 Å². The first kappa shape index (κ1) is 17.5. The van der Waals surface area contributed by atoms with Crippen LogP contribution in [0.2, 0.25) is 0 Å². The normalized spacial score (nSPS) is 11.1. The Balaban J connectivity index is 1.31. The molecule has 0 aliphatic heterocycles. The minimum Gasteiger partial charge on any atom is -0.361 e. The lowest BCUT2D eigenvalue weighted by atomic mass is 10.2. The van der Waals surface area contributed by atoms with Gasteiger partial charge >= 0.3 is 0 Å². The zero-order valence-electron chi connectivity index (χ0n) is 14.2. The lowest BCUT2D eigenvalue weighted by Gasteiger charge is -1.96. The Labute approximate surface area is 161 Å². The average molecular weight is 395 g/mol. The molecule has 0 radical (unpaired) electrons. The van der Waals surface area contributed by atoms with Gasteiger partial charge in [-0.15, -0.1) is 10.2 Å². The van der Waals surface area contributed by atoms with Gasteiger partial charge in [0, 0.05) is 22.7 Å². The number of carbonyl (C=O) groups excluding carboxylic acids is 2. The van der Waals surface area contributed by atoms with Crippen LogP contribution in [-0.2, 0) is 11.2 Å². The highest BCUT2D eigenvalue weighted by atomic mass is 32.1. The summed E-state index contributed by atoms with van der Waals surface area (Å²) in [5, 5.41) is 21.9. The molecule has 1 aromatic carbocycles. The minimum absolute atomic E-state index is 0.0128. The van der Waals surface area contributed by atoms with Crippen LogP contribution < -0.4 is 10.7 Å². The molecule has 3 heterocycles. The van der Waals surface area contributed by atoms with E-state index in [0.717, 1.165) is 27.8 Å². The summed E-state index contributed by atoms with van der Waals surface area (Å²) in [7, 11) is 0. The van der Waals surface area contributed by atoms with Crippen molar-refractivity contribution in [1.82, 2.24) is 35.8 Å². The summed E-state index contributed by atoms with van der Waals surface area (Å²) in [4.78, 5) is 30.7. The van der Waals surface area contributed by atoms with Crippen molar-refractivity contribution < 1.29 is 9.59 Å².